The van der Waals surface area contributed by atoms with Crippen molar-refractivity contribution >= 4 is 17.8 Å². The number of rotatable bonds is 11. The number of nitrogens with zero attached hydrogens (tertiary/aromatic N) is 1. The molecule has 4 atom stereocenters. The predicted molar refractivity (Wildman–Crippen MR) is 137 cm³/mol. The summed E-state index contributed by atoms with van der Waals surface area (Å²) >= 11 is 0. The third kappa shape index (κ3) is 7.29. The number of amides is 2. The molecule has 34 heavy (non-hydrogen) atoms. The molecule has 0 spiro atoms. The number of benzene rings is 1. The first-order chi connectivity index (χ1) is 15.5. The van der Waals surface area contributed by atoms with E-state index in [4.69, 9.17) is 0 Å². The standard InChI is InChI=1S/C27H45N3O4/c1-17(2)20(16-18(3)25(33)34)30(10)24(32)22(26(4,5)6)29-23(31)21(28-9)27(7,8)19-14-12-11-13-15-19/h11-15,17-18,20-22,28H,16H2,1-10H3,(H,29,31)(H,33,34)/t18-,20+,21-,22+/m0/s1. The van der Waals surface area contributed by atoms with Gasteiger partial charge in [0.2, 0.25) is 11.8 Å². The summed E-state index contributed by atoms with van der Waals surface area (Å²) in [5.41, 5.74) is -0.0480. The van der Waals surface area contributed by atoms with Crippen molar-refractivity contribution in [3.05, 3.63) is 35.9 Å². The lowest BCUT2D eigenvalue weighted by atomic mass is 9.76. The number of carbonyl (C=O) groups is 3. The summed E-state index contributed by atoms with van der Waals surface area (Å²) in [5.74, 6) is -1.87. The second-order valence-electron chi connectivity index (χ2n) is 11.4. The molecule has 7 heteroatoms. The highest BCUT2D eigenvalue weighted by Crippen LogP contribution is 2.29. The summed E-state index contributed by atoms with van der Waals surface area (Å²) in [6.07, 6.45) is 0.347. The number of carboxylic acid groups (broad SMARTS) is 1. The topological polar surface area (TPSA) is 98.7 Å². The molecule has 0 aliphatic rings. The van der Waals surface area contributed by atoms with Gasteiger partial charge in [-0.25, -0.2) is 0 Å². The quantitative estimate of drug-likeness (QED) is 0.453. The lowest BCUT2D eigenvalue weighted by Crippen LogP contribution is -2.61. The Morgan fingerprint density at radius 2 is 1.50 bits per heavy atom. The molecule has 1 aromatic carbocycles. The molecule has 0 heterocycles. The summed E-state index contributed by atoms with van der Waals surface area (Å²) in [7, 11) is 3.45. The highest BCUT2D eigenvalue weighted by Gasteiger charge is 2.42. The number of hydrogen-bond donors (Lipinski definition) is 3. The monoisotopic (exact) mass is 475 g/mol. The van der Waals surface area contributed by atoms with Crippen LogP contribution in [-0.4, -0.2) is 60.0 Å². The SMILES string of the molecule is CN[C@@H](C(=O)N[C@H](C(=O)N(C)[C@H](C[C@H](C)C(=O)O)C(C)C)C(C)(C)C)C(C)(C)c1ccccc1. The molecule has 7 nitrogen and oxygen atoms in total. The second-order valence-corrected chi connectivity index (χ2v) is 11.4. The minimum Gasteiger partial charge on any atom is -0.481 e. The van der Waals surface area contributed by atoms with Gasteiger partial charge in [-0.05, 0) is 30.4 Å². The highest BCUT2D eigenvalue weighted by atomic mass is 16.4. The van der Waals surface area contributed by atoms with Gasteiger partial charge >= 0.3 is 5.97 Å². The zero-order chi connectivity index (χ0) is 26.4. The van der Waals surface area contributed by atoms with Crippen LogP contribution >= 0.6 is 0 Å². The molecule has 0 aliphatic carbocycles. The van der Waals surface area contributed by atoms with Crippen molar-refractivity contribution in [3.63, 3.8) is 0 Å². The van der Waals surface area contributed by atoms with E-state index in [1.54, 1.807) is 25.9 Å². The van der Waals surface area contributed by atoms with E-state index < -0.39 is 34.8 Å². The van der Waals surface area contributed by atoms with Crippen LogP contribution in [0.3, 0.4) is 0 Å². The minimum atomic E-state index is -0.882. The van der Waals surface area contributed by atoms with E-state index in [1.807, 2.05) is 78.8 Å². The fourth-order valence-corrected chi connectivity index (χ4v) is 4.44. The maximum absolute atomic E-state index is 13.7. The number of nitrogens with one attached hydrogen (secondary N) is 2. The molecule has 0 saturated carbocycles. The maximum atomic E-state index is 13.7. The van der Waals surface area contributed by atoms with Crippen molar-refractivity contribution in [2.24, 2.45) is 17.3 Å². The van der Waals surface area contributed by atoms with Gasteiger partial charge in [0.1, 0.15) is 6.04 Å². The Morgan fingerprint density at radius 1 is 0.971 bits per heavy atom. The van der Waals surface area contributed by atoms with E-state index in [2.05, 4.69) is 10.6 Å². The molecule has 1 rings (SSSR count). The largest absolute Gasteiger partial charge is 0.481 e. The van der Waals surface area contributed by atoms with E-state index in [9.17, 15) is 19.5 Å². The number of hydrogen-bond acceptors (Lipinski definition) is 4. The summed E-state index contributed by atoms with van der Waals surface area (Å²) in [5, 5.41) is 15.5. The highest BCUT2D eigenvalue weighted by molar-refractivity contribution is 5.91. The average Bonchev–Trinajstić information content (AvgIpc) is 2.74. The van der Waals surface area contributed by atoms with Crippen LogP contribution in [-0.2, 0) is 19.8 Å². The Hall–Kier alpha value is -2.41. The maximum Gasteiger partial charge on any atom is 0.306 e. The van der Waals surface area contributed by atoms with Crippen LogP contribution in [0.25, 0.3) is 0 Å². The zero-order valence-electron chi connectivity index (χ0n) is 22.6. The Bertz CT molecular complexity index is 830. The summed E-state index contributed by atoms with van der Waals surface area (Å²) in [6.45, 7) is 15.4. The lowest BCUT2D eigenvalue weighted by Gasteiger charge is -2.40. The van der Waals surface area contributed by atoms with Crippen LogP contribution < -0.4 is 10.6 Å². The molecular formula is C27H45N3O4. The number of likely N-dealkylation sites (N-methyl/N-ethyl adjacent to an activating group) is 2. The smallest absolute Gasteiger partial charge is 0.306 e. The van der Waals surface area contributed by atoms with Crippen LogP contribution in [0.5, 0.6) is 0 Å². The molecule has 0 radical (unpaired) electrons. The van der Waals surface area contributed by atoms with E-state index in [1.165, 1.54) is 0 Å². The molecule has 0 saturated heterocycles. The first-order valence-electron chi connectivity index (χ1n) is 12.1. The van der Waals surface area contributed by atoms with Gasteiger partial charge in [-0.2, -0.15) is 0 Å². The molecule has 3 N–H and O–H groups in total. The van der Waals surface area contributed by atoms with Gasteiger partial charge in [-0.3, -0.25) is 14.4 Å². The molecule has 0 unspecified atom stereocenters. The zero-order valence-corrected chi connectivity index (χ0v) is 22.6. The van der Waals surface area contributed by atoms with Gasteiger partial charge in [0.15, 0.2) is 0 Å². The number of carbonyl (C=O) groups excluding carboxylic acids is 2. The Morgan fingerprint density at radius 3 is 1.91 bits per heavy atom. The van der Waals surface area contributed by atoms with Crippen molar-refractivity contribution in [3.8, 4) is 0 Å². The lowest BCUT2D eigenvalue weighted by molar-refractivity contribution is -0.145. The van der Waals surface area contributed by atoms with E-state index in [0.29, 0.717) is 6.42 Å². The first kappa shape index (κ1) is 29.6. The molecule has 192 valence electrons. The fourth-order valence-electron chi connectivity index (χ4n) is 4.44. The molecule has 0 bridgehead atoms. The number of carboxylic acids is 1. The first-order valence-corrected chi connectivity index (χ1v) is 12.1. The van der Waals surface area contributed by atoms with Gasteiger partial charge < -0.3 is 20.6 Å². The third-order valence-electron chi connectivity index (χ3n) is 6.82. The van der Waals surface area contributed by atoms with Gasteiger partial charge in [-0.1, -0.05) is 85.7 Å². The van der Waals surface area contributed by atoms with Crippen molar-refractivity contribution in [2.75, 3.05) is 14.1 Å². The van der Waals surface area contributed by atoms with Crippen molar-refractivity contribution in [1.29, 1.82) is 0 Å². The molecule has 0 aliphatic heterocycles. The van der Waals surface area contributed by atoms with E-state index >= 15 is 0 Å². The second kappa shape index (κ2) is 11.8. The molecule has 1 aromatic rings. The Balaban J connectivity index is 3.22. The van der Waals surface area contributed by atoms with Crippen molar-refractivity contribution in [2.45, 2.75) is 85.4 Å². The summed E-state index contributed by atoms with van der Waals surface area (Å²) in [6, 6.07) is 8.23. The number of aliphatic carboxylic acids is 1. The van der Waals surface area contributed by atoms with Gasteiger partial charge in [-0.15, -0.1) is 0 Å². The van der Waals surface area contributed by atoms with Crippen LogP contribution in [0.1, 0.15) is 67.4 Å². The van der Waals surface area contributed by atoms with Gasteiger partial charge in [0.05, 0.1) is 12.0 Å². The molecule has 0 fully saturated rings. The summed E-state index contributed by atoms with van der Waals surface area (Å²) in [4.78, 5) is 40.3. The van der Waals surface area contributed by atoms with E-state index in [-0.39, 0.29) is 23.8 Å². The average molecular weight is 476 g/mol. The van der Waals surface area contributed by atoms with Crippen LogP contribution in [0, 0.1) is 17.3 Å². The summed E-state index contributed by atoms with van der Waals surface area (Å²) < 4.78 is 0. The van der Waals surface area contributed by atoms with E-state index in [0.717, 1.165) is 5.56 Å². The van der Waals surface area contributed by atoms with Crippen molar-refractivity contribution < 1.29 is 19.5 Å². The molecular weight excluding hydrogens is 430 g/mol. The molecule has 2 amide bonds. The van der Waals surface area contributed by atoms with Gasteiger partial charge in [0, 0.05) is 18.5 Å². The van der Waals surface area contributed by atoms with Gasteiger partial charge in [0.25, 0.3) is 0 Å². The van der Waals surface area contributed by atoms with Crippen LogP contribution in [0.2, 0.25) is 0 Å². The normalized spacial score (nSPS) is 15.9. The predicted octanol–water partition coefficient (Wildman–Crippen LogP) is 3.68. The third-order valence-corrected chi connectivity index (χ3v) is 6.82. The minimum absolute atomic E-state index is 0.0640. The van der Waals surface area contributed by atoms with Crippen molar-refractivity contribution in [1.82, 2.24) is 15.5 Å². The Labute approximate surface area is 205 Å². The van der Waals surface area contributed by atoms with Crippen LogP contribution in [0.4, 0.5) is 0 Å². The van der Waals surface area contributed by atoms with Crippen LogP contribution in [0.15, 0.2) is 30.3 Å². The molecule has 0 aromatic heterocycles. The fraction of sp³-hybridized carbons (Fsp3) is 0.667. The Kier molecular flexibility index (Phi) is 10.3.